The highest BCUT2D eigenvalue weighted by Crippen LogP contribution is 2.30. The number of carbonyl (C=O) groups is 1. The normalized spacial score (nSPS) is 15.3. The monoisotopic (exact) mass is 503 g/mol. The lowest BCUT2D eigenvalue weighted by atomic mass is 10.0. The minimum atomic E-state index is -0.252. The molecule has 1 aliphatic rings. The van der Waals surface area contributed by atoms with Crippen molar-refractivity contribution >= 4 is 11.6 Å². The minimum Gasteiger partial charge on any atom is -0.485 e. The number of halogens is 1. The van der Waals surface area contributed by atoms with Gasteiger partial charge >= 0.3 is 0 Å². The summed E-state index contributed by atoms with van der Waals surface area (Å²) in [5.41, 5.74) is 2.94. The first kappa shape index (κ1) is 26.8. The summed E-state index contributed by atoms with van der Waals surface area (Å²) >= 11 is 0. The van der Waals surface area contributed by atoms with Crippen molar-refractivity contribution in [3.63, 3.8) is 0 Å². The number of para-hydroxylation sites is 2. The number of nitrogens with one attached hydrogen (secondary N) is 1. The molecule has 3 aromatic rings. The smallest absolute Gasteiger partial charge is 0.226 e. The average molecular weight is 504 g/mol. The quantitative estimate of drug-likeness (QED) is 0.351. The fourth-order valence-corrected chi connectivity index (χ4v) is 5.07. The molecular formula is C31H38FN3O2. The third-order valence-corrected chi connectivity index (χ3v) is 7.04. The Labute approximate surface area is 220 Å². The van der Waals surface area contributed by atoms with Crippen molar-refractivity contribution < 1.29 is 13.9 Å². The first-order valence-corrected chi connectivity index (χ1v) is 13.3. The van der Waals surface area contributed by atoms with E-state index >= 15 is 0 Å². The third kappa shape index (κ3) is 7.18. The van der Waals surface area contributed by atoms with Crippen LogP contribution in [0.1, 0.15) is 49.8 Å². The van der Waals surface area contributed by atoms with Crippen molar-refractivity contribution in [1.82, 2.24) is 10.2 Å². The molecule has 0 bridgehead atoms. The van der Waals surface area contributed by atoms with E-state index in [1.165, 1.54) is 6.07 Å². The van der Waals surface area contributed by atoms with Gasteiger partial charge in [0.15, 0.2) is 0 Å². The number of rotatable bonds is 11. The minimum absolute atomic E-state index is 0.174. The summed E-state index contributed by atoms with van der Waals surface area (Å²) < 4.78 is 20.5. The molecule has 3 aromatic carbocycles. The van der Waals surface area contributed by atoms with Crippen LogP contribution in [0.5, 0.6) is 5.75 Å². The highest BCUT2D eigenvalue weighted by molar-refractivity contribution is 5.93. The zero-order chi connectivity index (χ0) is 26.0. The maximum absolute atomic E-state index is 13.9. The number of amides is 1. The van der Waals surface area contributed by atoms with Gasteiger partial charge in [-0.2, -0.15) is 0 Å². The predicted octanol–water partition coefficient (Wildman–Crippen LogP) is 5.96. The second-order valence-electron chi connectivity index (χ2n) is 9.62. The van der Waals surface area contributed by atoms with Gasteiger partial charge in [0.1, 0.15) is 17.7 Å². The van der Waals surface area contributed by atoms with E-state index < -0.39 is 0 Å². The molecule has 196 valence electrons. The van der Waals surface area contributed by atoms with E-state index in [4.69, 9.17) is 4.74 Å². The summed E-state index contributed by atoms with van der Waals surface area (Å²) in [4.78, 5) is 17.2. The van der Waals surface area contributed by atoms with E-state index in [2.05, 4.69) is 16.3 Å². The number of hydrogen-bond donors (Lipinski definition) is 1. The molecule has 5 nitrogen and oxygen atoms in total. The SMILES string of the molecule is CCC(=O)N(c1ccccc1)C1CCN(Cc2ccccc2OC(CCNC)c2cccc(F)c2)CC1. The van der Waals surface area contributed by atoms with Crippen LogP contribution in [0.2, 0.25) is 0 Å². The fourth-order valence-electron chi connectivity index (χ4n) is 5.07. The highest BCUT2D eigenvalue weighted by Gasteiger charge is 2.28. The van der Waals surface area contributed by atoms with Crippen LogP contribution in [-0.4, -0.2) is 43.5 Å². The number of ether oxygens (including phenoxy) is 1. The Kier molecular flexibility index (Phi) is 9.69. The molecule has 4 rings (SSSR count). The van der Waals surface area contributed by atoms with Crippen LogP contribution in [0.25, 0.3) is 0 Å². The maximum atomic E-state index is 13.9. The number of piperidine rings is 1. The van der Waals surface area contributed by atoms with E-state index in [0.717, 1.165) is 68.0 Å². The lowest BCUT2D eigenvalue weighted by Crippen LogP contribution is -2.47. The summed E-state index contributed by atoms with van der Waals surface area (Å²) in [6.07, 6.45) is 2.85. The third-order valence-electron chi connectivity index (χ3n) is 7.04. The number of hydrogen-bond acceptors (Lipinski definition) is 4. The molecule has 0 radical (unpaired) electrons. The van der Waals surface area contributed by atoms with Crippen LogP contribution in [0.15, 0.2) is 78.9 Å². The molecule has 1 aliphatic heterocycles. The van der Waals surface area contributed by atoms with Crippen molar-refractivity contribution in [2.75, 3.05) is 31.6 Å². The van der Waals surface area contributed by atoms with E-state index in [0.29, 0.717) is 6.42 Å². The van der Waals surface area contributed by atoms with Crippen molar-refractivity contribution in [2.24, 2.45) is 0 Å². The predicted molar refractivity (Wildman–Crippen MR) is 147 cm³/mol. The first-order valence-electron chi connectivity index (χ1n) is 13.3. The highest BCUT2D eigenvalue weighted by atomic mass is 19.1. The van der Waals surface area contributed by atoms with Gasteiger partial charge in [0, 0.05) is 49.8 Å². The van der Waals surface area contributed by atoms with Crippen LogP contribution >= 0.6 is 0 Å². The van der Waals surface area contributed by atoms with Crippen molar-refractivity contribution in [1.29, 1.82) is 0 Å². The Morgan fingerprint density at radius 1 is 1.05 bits per heavy atom. The molecule has 1 heterocycles. The number of nitrogens with zero attached hydrogens (tertiary/aromatic N) is 2. The van der Waals surface area contributed by atoms with Gasteiger partial charge in [-0.3, -0.25) is 9.69 Å². The van der Waals surface area contributed by atoms with E-state index in [-0.39, 0.29) is 23.9 Å². The zero-order valence-corrected chi connectivity index (χ0v) is 21.9. The zero-order valence-electron chi connectivity index (χ0n) is 21.9. The topological polar surface area (TPSA) is 44.8 Å². The Hall–Kier alpha value is -3.22. The summed E-state index contributed by atoms with van der Waals surface area (Å²) in [7, 11) is 1.91. The Balaban J connectivity index is 1.43. The Bertz CT molecular complexity index is 1130. The maximum Gasteiger partial charge on any atom is 0.226 e. The van der Waals surface area contributed by atoms with Gasteiger partial charge in [-0.05, 0) is 62.3 Å². The van der Waals surface area contributed by atoms with Crippen LogP contribution in [0, 0.1) is 5.82 Å². The molecule has 1 amide bonds. The molecule has 0 saturated carbocycles. The van der Waals surface area contributed by atoms with Gasteiger partial charge in [0.2, 0.25) is 5.91 Å². The van der Waals surface area contributed by atoms with Gasteiger partial charge in [-0.15, -0.1) is 0 Å². The van der Waals surface area contributed by atoms with Gasteiger partial charge in [-0.1, -0.05) is 55.5 Å². The van der Waals surface area contributed by atoms with Crippen molar-refractivity contribution in [3.8, 4) is 5.75 Å². The number of likely N-dealkylation sites (tertiary alicyclic amines) is 1. The Morgan fingerprint density at radius 3 is 2.49 bits per heavy atom. The molecule has 37 heavy (non-hydrogen) atoms. The van der Waals surface area contributed by atoms with Crippen LogP contribution in [-0.2, 0) is 11.3 Å². The molecular weight excluding hydrogens is 465 g/mol. The molecule has 1 fully saturated rings. The van der Waals surface area contributed by atoms with Crippen molar-refractivity contribution in [3.05, 3.63) is 95.8 Å². The summed E-state index contributed by atoms with van der Waals surface area (Å²) in [5, 5.41) is 3.18. The van der Waals surface area contributed by atoms with Gasteiger partial charge in [-0.25, -0.2) is 4.39 Å². The van der Waals surface area contributed by atoms with Gasteiger partial charge < -0.3 is 15.0 Å². The standard InChI is InChI=1S/C31H38FN3O2/c1-3-31(36)35(27-13-5-4-6-14-27)28-17-20-34(21-18-28)23-25-10-7-8-15-29(25)37-30(16-19-33-2)24-11-9-12-26(32)22-24/h4-15,22,28,30,33H,3,16-21,23H2,1-2H3. The lowest BCUT2D eigenvalue weighted by Gasteiger charge is -2.38. The summed E-state index contributed by atoms with van der Waals surface area (Å²) in [6.45, 7) is 5.29. The molecule has 1 saturated heterocycles. The molecule has 0 spiro atoms. The van der Waals surface area contributed by atoms with Crippen LogP contribution in [0.3, 0.4) is 0 Å². The lowest BCUT2D eigenvalue weighted by molar-refractivity contribution is -0.119. The summed E-state index contributed by atoms with van der Waals surface area (Å²) in [6, 6.07) is 25.0. The second kappa shape index (κ2) is 13.4. The van der Waals surface area contributed by atoms with Gasteiger partial charge in [0.25, 0.3) is 0 Å². The van der Waals surface area contributed by atoms with Gasteiger partial charge in [0.05, 0.1) is 0 Å². The molecule has 0 aliphatic carbocycles. The Morgan fingerprint density at radius 2 is 1.78 bits per heavy atom. The number of anilines is 1. The second-order valence-corrected chi connectivity index (χ2v) is 9.62. The molecule has 0 aromatic heterocycles. The van der Waals surface area contributed by atoms with E-state index in [9.17, 15) is 9.18 Å². The summed E-state index contributed by atoms with van der Waals surface area (Å²) in [5.74, 6) is 0.758. The van der Waals surface area contributed by atoms with E-state index in [1.807, 2.05) is 73.5 Å². The van der Waals surface area contributed by atoms with Crippen LogP contribution in [0.4, 0.5) is 10.1 Å². The van der Waals surface area contributed by atoms with Crippen molar-refractivity contribution in [2.45, 2.75) is 51.3 Å². The molecule has 6 heteroatoms. The fraction of sp³-hybridized carbons (Fsp3) is 0.387. The number of benzene rings is 3. The molecule has 1 atom stereocenters. The number of carbonyl (C=O) groups excluding carboxylic acids is 1. The average Bonchev–Trinajstić information content (AvgIpc) is 2.93. The van der Waals surface area contributed by atoms with Crippen LogP contribution < -0.4 is 15.0 Å². The molecule has 1 unspecified atom stereocenters. The first-order chi connectivity index (χ1) is 18.1. The molecule has 1 N–H and O–H groups in total. The van der Waals surface area contributed by atoms with E-state index in [1.54, 1.807) is 12.1 Å². The largest absolute Gasteiger partial charge is 0.485 e.